The molecule has 1 aliphatic heterocycles. The molecule has 9 heteroatoms. The Balaban J connectivity index is 1.15. The summed E-state index contributed by atoms with van der Waals surface area (Å²) in [7, 11) is 1.67. The molecule has 1 heterocycles. The van der Waals surface area contributed by atoms with Gasteiger partial charge < -0.3 is 15.4 Å². The summed E-state index contributed by atoms with van der Waals surface area (Å²) in [4.78, 5) is 26.7. The van der Waals surface area contributed by atoms with E-state index in [1.807, 2.05) is 12.1 Å². The van der Waals surface area contributed by atoms with Crippen molar-refractivity contribution in [3.63, 3.8) is 0 Å². The number of amides is 2. The first-order valence-electron chi connectivity index (χ1n) is 11.9. The summed E-state index contributed by atoms with van der Waals surface area (Å²) in [5.41, 5.74) is 0.319. The fourth-order valence-corrected chi connectivity index (χ4v) is 4.93. The zero-order chi connectivity index (χ0) is 25.0. The van der Waals surface area contributed by atoms with Crippen LogP contribution in [0.5, 0.6) is 5.75 Å². The summed E-state index contributed by atoms with van der Waals surface area (Å²) in [6.45, 7) is 1.26. The second-order valence-corrected chi connectivity index (χ2v) is 9.26. The van der Waals surface area contributed by atoms with E-state index in [4.69, 9.17) is 4.74 Å². The molecule has 35 heavy (non-hydrogen) atoms. The van der Waals surface area contributed by atoms with E-state index < -0.39 is 17.6 Å². The van der Waals surface area contributed by atoms with Crippen molar-refractivity contribution < 1.29 is 27.5 Å². The number of carbonyl (C=O) groups is 2. The molecule has 6 nitrogen and oxygen atoms in total. The van der Waals surface area contributed by atoms with Crippen LogP contribution in [0.2, 0.25) is 0 Å². The molecule has 2 fully saturated rings. The number of hydrogen-bond acceptors (Lipinski definition) is 4. The highest BCUT2D eigenvalue weighted by molar-refractivity contribution is 5.96. The van der Waals surface area contributed by atoms with Crippen molar-refractivity contribution in [1.82, 2.24) is 15.5 Å². The SMILES string of the molecule is COc1ccc([C@H]2CC[C@@H](N3CC(NC(=O)CNC(=O)c4cccc(C(F)(F)F)c4)C3)CC2)cc1. The van der Waals surface area contributed by atoms with E-state index in [0.29, 0.717) is 12.0 Å². The Bertz CT molecular complexity index is 1030. The molecule has 0 radical (unpaired) electrons. The number of rotatable bonds is 7. The molecule has 4 rings (SSSR count). The minimum Gasteiger partial charge on any atom is -0.497 e. The van der Waals surface area contributed by atoms with Crippen LogP contribution in [0.4, 0.5) is 13.2 Å². The average molecular weight is 490 g/mol. The van der Waals surface area contributed by atoms with Gasteiger partial charge in [-0.25, -0.2) is 0 Å². The molecule has 1 aliphatic carbocycles. The molecular weight excluding hydrogens is 459 g/mol. The first-order valence-corrected chi connectivity index (χ1v) is 11.9. The normalized spacial score (nSPS) is 21.1. The van der Waals surface area contributed by atoms with Gasteiger partial charge >= 0.3 is 6.18 Å². The van der Waals surface area contributed by atoms with Gasteiger partial charge in [0.2, 0.25) is 5.91 Å². The maximum atomic E-state index is 12.8. The number of nitrogens with zero attached hydrogens (tertiary/aromatic N) is 1. The van der Waals surface area contributed by atoms with E-state index in [2.05, 4.69) is 27.7 Å². The number of hydrogen-bond donors (Lipinski definition) is 2. The second kappa shape index (κ2) is 10.7. The highest BCUT2D eigenvalue weighted by Crippen LogP contribution is 2.36. The van der Waals surface area contributed by atoms with Crippen molar-refractivity contribution >= 4 is 11.8 Å². The molecule has 0 spiro atoms. The van der Waals surface area contributed by atoms with Gasteiger partial charge in [0.05, 0.1) is 25.3 Å². The Morgan fingerprint density at radius 3 is 2.34 bits per heavy atom. The number of methoxy groups -OCH3 is 1. The predicted octanol–water partition coefficient (Wildman–Crippen LogP) is 3.97. The van der Waals surface area contributed by atoms with E-state index in [1.165, 1.54) is 17.7 Å². The number of nitrogens with one attached hydrogen (secondary N) is 2. The summed E-state index contributed by atoms with van der Waals surface area (Å²) in [5.74, 6) is 0.369. The maximum Gasteiger partial charge on any atom is 0.416 e. The standard InChI is InChI=1S/C26H30F3N3O3/c1-35-23-11-7-18(8-12-23)17-5-9-22(10-6-17)32-15-21(16-32)31-24(33)14-30-25(34)19-3-2-4-20(13-19)26(27,28)29/h2-4,7-8,11-13,17,21-22H,5-6,9-10,14-16H2,1H3,(H,30,34)(H,31,33)/t17-,22+. The summed E-state index contributed by atoms with van der Waals surface area (Å²) in [6, 6.07) is 13.0. The summed E-state index contributed by atoms with van der Waals surface area (Å²) in [5, 5.41) is 5.28. The lowest BCUT2D eigenvalue weighted by Crippen LogP contribution is -2.63. The third-order valence-electron chi connectivity index (χ3n) is 6.94. The number of carbonyl (C=O) groups excluding carboxylic acids is 2. The molecule has 0 aromatic heterocycles. The highest BCUT2D eigenvalue weighted by atomic mass is 19.4. The van der Waals surface area contributed by atoms with E-state index in [9.17, 15) is 22.8 Å². The van der Waals surface area contributed by atoms with Gasteiger partial charge in [0, 0.05) is 24.7 Å². The first kappa shape index (κ1) is 25.0. The van der Waals surface area contributed by atoms with Crippen LogP contribution < -0.4 is 15.4 Å². The molecule has 1 saturated heterocycles. The van der Waals surface area contributed by atoms with E-state index in [0.717, 1.165) is 56.7 Å². The molecule has 1 saturated carbocycles. The third kappa shape index (κ3) is 6.33. The largest absolute Gasteiger partial charge is 0.497 e. The van der Waals surface area contributed by atoms with Crippen LogP contribution in [0.15, 0.2) is 48.5 Å². The molecule has 188 valence electrons. The number of ether oxygens (including phenoxy) is 1. The molecule has 0 bridgehead atoms. The maximum absolute atomic E-state index is 12.8. The van der Waals surface area contributed by atoms with Crippen LogP contribution in [0, 0.1) is 0 Å². The van der Waals surface area contributed by atoms with Gasteiger partial charge in [-0.05, 0) is 67.5 Å². The Hall–Kier alpha value is -3.07. The summed E-state index contributed by atoms with van der Waals surface area (Å²) in [6.07, 6.45) is -0.0360. The Morgan fingerprint density at radius 1 is 1.03 bits per heavy atom. The van der Waals surface area contributed by atoms with Gasteiger partial charge in [-0.3, -0.25) is 14.5 Å². The minimum absolute atomic E-state index is 0.0206. The average Bonchev–Trinajstić information content (AvgIpc) is 2.84. The first-order chi connectivity index (χ1) is 16.7. The number of halogens is 3. The van der Waals surface area contributed by atoms with E-state index >= 15 is 0 Å². The minimum atomic E-state index is -4.53. The smallest absolute Gasteiger partial charge is 0.416 e. The highest BCUT2D eigenvalue weighted by Gasteiger charge is 2.35. The third-order valence-corrected chi connectivity index (χ3v) is 6.94. The number of likely N-dealkylation sites (tertiary alicyclic amines) is 1. The lowest BCUT2D eigenvalue weighted by molar-refractivity contribution is -0.137. The van der Waals surface area contributed by atoms with Crippen molar-refractivity contribution in [2.45, 2.75) is 49.9 Å². The molecule has 2 aliphatic rings. The molecule has 0 atom stereocenters. The molecule has 2 aromatic rings. The van der Waals surface area contributed by atoms with Crippen LogP contribution in [-0.2, 0) is 11.0 Å². The summed E-state index contributed by atoms with van der Waals surface area (Å²) < 4.78 is 43.7. The second-order valence-electron chi connectivity index (χ2n) is 9.26. The lowest BCUT2D eigenvalue weighted by atomic mass is 9.80. The van der Waals surface area contributed by atoms with Gasteiger partial charge in [0.1, 0.15) is 5.75 Å². The molecular formula is C26H30F3N3O3. The van der Waals surface area contributed by atoms with Crippen molar-refractivity contribution in [2.75, 3.05) is 26.7 Å². The zero-order valence-electron chi connectivity index (χ0n) is 19.6. The molecule has 0 unspecified atom stereocenters. The van der Waals surface area contributed by atoms with Gasteiger partial charge in [-0.15, -0.1) is 0 Å². The van der Waals surface area contributed by atoms with Gasteiger partial charge in [0.25, 0.3) is 5.91 Å². The van der Waals surface area contributed by atoms with Crippen LogP contribution in [0.1, 0.15) is 53.1 Å². The Labute approximate surface area is 202 Å². The predicted molar refractivity (Wildman–Crippen MR) is 125 cm³/mol. The van der Waals surface area contributed by atoms with E-state index in [1.54, 1.807) is 7.11 Å². The topological polar surface area (TPSA) is 70.7 Å². The number of benzene rings is 2. The van der Waals surface area contributed by atoms with Crippen LogP contribution in [0.25, 0.3) is 0 Å². The fourth-order valence-electron chi connectivity index (χ4n) is 4.93. The fraction of sp³-hybridized carbons (Fsp3) is 0.462. The van der Waals surface area contributed by atoms with Gasteiger partial charge in [-0.2, -0.15) is 13.2 Å². The zero-order valence-corrected chi connectivity index (χ0v) is 19.6. The molecule has 2 N–H and O–H groups in total. The van der Waals surface area contributed by atoms with Crippen LogP contribution in [-0.4, -0.2) is 55.5 Å². The summed E-state index contributed by atoms with van der Waals surface area (Å²) >= 11 is 0. The molecule has 2 amide bonds. The lowest BCUT2D eigenvalue weighted by Gasteiger charge is -2.46. The van der Waals surface area contributed by atoms with Gasteiger partial charge in [-0.1, -0.05) is 18.2 Å². The Morgan fingerprint density at radius 2 is 1.71 bits per heavy atom. The monoisotopic (exact) mass is 489 g/mol. The van der Waals surface area contributed by atoms with Gasteiger partial charge in [0.15, 0.2) is 0 Å². The van der Waals surface area contributed by atoms with Crippen molar-refractivity contribution in [1.29, 1.82) is 0 Å². The van der Waals surface area contributed by atoms with Crippen molar-refractivity contribution in [3.8, 4) is 5.75 Å². The van der Waals surface area contributed by atoms with Crippen LogP contribution in [0.3, 0.4) is 0 Å². The van der Waals surface area contributed by atoms with Crippen molar-refractivity contribution in [2.24, 2.45) is 0 Å². The molecule has 2 aromatic carbocycles. The number of alkyl halides is 3. The quantitative estimate of drug-likeness (QED) is 0.618. The van der Waals surface area contributed by atoms with Crippen LogP contribution >= 0.6 is 0 Å². The van der Waals surface area contributed by atoms with Crippen molar-refractivity contribution in [3.05, 3.63) is 65.2 Å². The van der Waals surface area contributed by atoms with E-state index in [-0.39, 0.29) is 24.1 Å². The Kier molecular flexibility index (Phi) is 7.64.